The lowest BCUT2D eigenvalue weighted by Gasteiger charge is -2.25. The summed E-state index contributed by atoms with van der Waals surface area (Å²) in [6, 6.07) is 4.15. The lowest BCUT2D eigenvalue weighted by molar-refractivity contribution is -0.136. The van der Waals surface area contributed by atoms with Gasteiger partial charge in [0.1, 0.15) is 5.82 Å². The summed E-state index contributed by atoms with van der Waals surface area (Å²) < 4.78 is 18.0. The number of carbonyl (C=O) groups is 1. The van der Waals surface area contributed by atoms with Gasteiger partial charge in [-0.2, -0.15) is 0 Å². The molecular formula is C14H21Cl2FN2O2. The van der Waals surface area contributed by atoms with Crippen LogP contribution in [-0.4, -0.2) is 37.6 Å². The van der Waals surface area contributed by atoms with Crippen molar-refractivity contribution < 1.29 is 13.9 Å². The molecule has 1 amide bonds. The molecule has 0 saturated carbocycles. The second kappa shape index (κ2) is 9.95. The zero-order chi connectivity index (χ0) is 15.1. The number of nitrogens with zero attached hydrogens (tertiary/aromatic N) is 1. The summed E-state index contributed by atoms with van der Waals surface area (Å²) in [5, 5.41) is 0.306. The number of rotatable bonds is 7. The largest absolute Gasteiger partial charge is 0.383 e. The van der Waals surface area contributed by atoms with Crippen LogP contribution in [0.3, 0.4) is 0 Å². The number of ether oxygens (including phenoxy) is 1. The van der Waals surface area contributed by atoms with Crippen LogP contribution >= 0.6 is 24.0 Å². The van der Waals surface area contributed by atoms with E-state index in [9.17, 15) is 9.18 Å². The molecule has 0 heterocycles. The minimum atomic E-state index is -0.399. The van der Waals surface area contributed by atoms with Crippen LogP contribution in [0.15, 0.2) is 18.2 Å². The van der Waals surface area contributed by atoms with Crippen molar-refractivity contribution in [2.75, 3.05) is 26.8 Å². The van der Waals surface area contributed by atoms with Gasteiger partial charge in [-0.1, -0.05) is 24.6 Å². The second-order valence-electron chi connectivity index (χ2n) is 4.63. The van der Waals surface area contributed by atoms with Gasteiger partial charge in [0.05, 0.1) is 6.61 Å². The SMILES string of the molecule is COCCN(Cc1ccc(F)cc1Cl)C(=O)C(C)CN.Cl. The van der Waals surface area contributed by atoms with E-state index in [4.69, 9.17) is 22.1 Å². The number of carbonyl (C=O) groups excluding carboxylic acids is 1. The van der Waals surface area contributed by atoms with E-state index in [1.807, 2.05) is 0 Å². The molecule has 1 aromatic rings. The van der Waals surface area contributed by atoms with E-state index >= 15 is 0 Å². The molecule has 1 rings (SSSR count). The minimum absolute atomic E-state index is 0. The van der Waals surface area contributed by atoms with Crippen LogP contribution in [0.2, 0.25) is 5.02 Å². The van der Waals surface area contributed by atoms with Crippen LogP contribution in [0.25, 0.3) is 0 Å². The Kier molecular flexibility index (Phi) is 9.53. The highest BCUT2D eigenvalue weighted by Gasteiger charge is 2.20. The number of hydrogen-bond acceptors (Lipinski definition) is 3. The van der Waals surface area contributed by atoms with E-state index in [0.29, 0.717) is 30.3 Å². The molecule has 1 unspecified atom stereocenters. The van der Waals surface area contributed by atoms with Gasteiger partial charge in [0.2, 0.25) is 5.91 Å². The van der Waals surface area contributed by atoms with Gasteiger partial charge in [-0.25, -0.2) is 4.39 Å². The van der Waals surface area contributed by atoms with Crippen molar-refractivity contribution in [3.8, 4) is 0 Å². The summed E-state index contributed by atoms with van der Waals surface area (Å²) in [4.78, 5) is 13.9. The Morgan fingerprint density at radius 1 is 1.52 bits per heavy atom. The number of halogens is 3. The van der Waals surface area contributed by atoms with Crippen molar-refractivity contribution in [2.24, 2.45) is 11.7 Å². The Morgan fingerprint density at radius 3 is 2.71 bits per heavy atom. The maximum atomic E-state index is 13.0. The smallest absolute Gasteiger partial charge is 0.227 e. The van der Waals surface area contributed by atoms with Crippen LogP contribution in [0, 0.1) is 11.7 Å². The highest BCUT2D eigenvalue weighted by Crippen LogP contribution is 2.19. The summed E-state index contributed by atoms with van der Waals surface area (Å²) in [6.45, 7) is 3.22. The Balaban J connectivity index is 0.00000400. The van der Waals surface area contributed by atoms with Crippen molar-refractivity contribution in [3.05, 3.63) is 34.6 Å². The molecule has 120 valence electrons. The fourth-order valence-electron chi connectivity index (χ4n) is 1.74. The zero-order valence-corrected chi connectivity index (χ0v) is 13.7. The maximum absolute atomic E-state index is 13.0. The lowest BCUT2D eigenvalue weighted by Crippen LogP contribution is -2.39. The molecular weight excluding hydrogens is 318 g/mol. The third-order valence-electron chi connectivity index (χ3n) is 3.03. The number of benzene rings is 1. The zero-order valence-electron chi connectivity index (χ0n) is 12.1. The molecule has 0 saturated heterocycles. The van der Waals surface area contributed by atoms with E-state index in [1.165, 1.54) is 12.1 Å². The summed E-state index contributed by atoms with van der Waals surface area (Å²) in [5.74, 6) is -0.736. The van der Waals surface area contributed by atoms with Crippen LogP contribution in [0.1, 0.15) is 12.5 Å². The van der Waals surface area contributed by atoms with Gasteiger partial charge in [-0.05, 0) is 17.7 Å². The van der Waals surface area contributed by atoms with E-state index in [-0.39, 0.29) is 30.8 Å². The Morgan fingerprint density at radius 2 is 2.19 bits per heavy atom. The third-order valence-corrected chi connectivity index (χ3v) is 3.38. The van der Waals surface area contributed by atoms with Crippen LogP contribution in [0.4, 0.5) is 4.39 Å². The first-order chi connectivity index (χ1) is 9.49. The molecule has 2 N–H and O–H groups in total. The second-order valence-corrected chi connectivity index (χ2v) is 5.03. The average Bonchev–Trinajstić information content (AvgIpc) is 2.44. The van der Waals surface area contributed by atoms with Crippen LogP contribution in [0.5, 0.6) is 0 Å². The third kappa shape index (κ3) is 6.18. The van der Waals surface area contributed by atoms with Crippen molar-refractivity contribution in [1.82, 2.24) is 4.90 Å². The van der Waals surface area contributed by atoms with E-state index < -0.39 is 5.82 Å². The van der Waals surface area contributed by atoms with Gasteiger partial charge in [0, 0.05) is 37.7 Å². The summed E-state index contributed by atoms with van der Waals surface area (Å²) in [6.07, 6.45) is 0. The van der Waals surface area contributed by atoms with Crippen molar-refractivity contribution in [3.63, 3.8) is 0 Å². The first kappa shape index (κ1) is 20.1. The van der Waals surface area contributed by atoms with Crippen molar-refractivity contribution >= 4 is 29.9 Å². The monoisotopic (exact) mass is 338 g/mol. The Hall–Kier alpha value is -0.880. The molecule has 4 nitrogen and oxygen atoms in total. The molecule has 0 bridgehead atoms. The van der Waals surface area contributed by atoms with E-state index in [2.05, 4.69) is 0 Å². The van der Waals surface area contributed by atoms with Crippen LogP contribution in [-0.2, 0) is 16.1 Å². The molecule has 7 heteroatoms. The molecule has 0 aliphatic carbocycles. The molecule has 1 atom stereocenters. The van der Waals surface area contributed by atoms with E-state index in [1.54, 1.807) is 25.0 Å². The minimum Gasteiger partial charge on any atom is -0.383 e. The standard InChI is InChI=1S/C14H20ClFN2O2.ClH/c1-10(8-17)14(19)18(5-6-20-2)9-11-3-4-12(16)7-13(11)15;/h3-4,7,10H,5-6,8-9,17H2,1-2H3;1H. The maximum Gasteiger partial charge on any atom is 0.227 e. The molecule has 0 aliphatic rings. The topological polar surface area (TPSA) is 55.6 Å². The first-order valence-corrected chi connectivity index (χ1v) is 6.79. The van der Waals surface area contributed by atoms with Gasteiger partial charge >= 0.3 is 0 Å². The van der Waals surface area contributed by atoms with Gasteiger partial charge < -0.3 is 15.4 Å². The van der Waals surface area contributed by atoms with Gasteiger partial charge in [-0.15, -0.1) is 12.4 Å². The lowest BCUT2D eigenvalue weighted by atomic mass is 10.1. The number of hydrogen-bond donors (Lipinski definition) is 1. The average molecular weight is 339 g/mol. The predicted molar refractivity (Wildman–Crippen MR) is 84.2 cm³/mol. The highest BCUT2D eigenvalue weighted by molar-refractivity contribution is 6.31. The highest BCUT2D eigenvalue weighted by atomic mass is 35.5. The molecule has 0 spiro atoms. The van der Waals surface area contributed by atoms with Crippen molar-refractivity contribution in [2.45, 2.75) is 13.5 Å². The summed E-state index contributed by atoms with van der Waals surface area (Å²) in [5.41, 5.74) is 6.22. The number of methoxy groups -OCH3 is 1. The quantitative estimate of drug-likeness (QED) is 0.830. The molecule has 0 radical (unpaired) electrons. The normalized spacial score (nSPS) is 11.7. The molecule has 1 aromatic carbocycles. The van der Waals surface area contributed by atoms with Gasteiger partial charge in [0.15, 0.2) is 0 Å². The molecule has 21 heavy (non-hydrogen) atoms. The Labute approximate surface area is 135 Å². The van der Waals surface area contributed by atoms with Gasteiger partial charge in [-0.3, -0.25) is 4.79 Å². The fraction of sp³-hybridized carbons (Fsp3) is 0.500. The summed E-state index contributed by atoms with van der Waals surface area (Å²) >= 11 is 5.99. The number of amides is 1. The van der Waals surface area contributed by atoms with E-state index in [0.717, 1.165) is 0 Å². The number of nitrogens with two attached hydrogens (primary N) is 1. The molecule has 0 aromatic heterocycles. The molecule has 0 fully saturated rings. The first-order valence-electron chi connectivity index (χ1n) is 6.41. The van der Waals surface area contributed by atoms with Crippen LogP contribution < -0.4 is 5.73 Å². The van der Waals surface area contributed by atoms with Gasteiger partial charge in [0.25, 0.3) is 0 Å². The predicted octanol–water partition coefficient (Wildman–Crippen LogP) is 2.47. The van der Waals surface area contributed by atoms with Crippen molar-refractivity contribution in [1.29, 1.82) is 0 Å². The summed E-state index contributed by atoms with van der Waals surface area (Å²) in [7, 11) is 1.57. The Bertz CT molecular complexity index is 461. The molecule has 0 aliphatic heterocycles. The fourth-order valence-corrected chi connectivity index (χ4v) is 1.96.